The number of nitrogens with one attached hydrogen (secondary N) is 2. The second kappa shape index (κ2) is 9.51. The number of nitrogens with zero attached hydrogens (tertiary/aromatic N) is 4. The Morgan fingerprint density at radius 3 is 2.60 bits per heavy atom. The molecule has 0 spiro atoms. The van der Waals surface area contributed by atoms with E-state index in [2.05, 4.69) is 20.7 Å². The van der Waals surface area contributed by atoms with Crippen molar-refractivity contribution in [2.24, 2.45) is 13.0 Å². The smallest absolute Gasteiger partial charge is 0.253 e. The summed E-state index contributed by atoms with van der Waals surface area (Å²) >= 11 is 0. The summed E-state index contributed by atoms with van der Waals surface area (Å²) in [6.07, 6.45) is 2.51. The van der Waals surface area contributed by atoms with Gasteiger partial charge in [-0.25, -0.2) is 17.7 Å². The van der Waals surface area contributed by atoms with E-state index in [9.17, 15) is 22.8 Å². The van der Waals surface area contributed by atoms with Gasteiger partial charge in [-0.15, -0.1) is 5.10 Å². The fraction of sp³-hybridized carbons (Fsp3) is 0.241. The Kier molecular flexibility index (Phi) is 6.09. The van der Waals surface area contributed by atoms with Gasteiger partial charge in [-0.2, -0.15) is 4.98 Å². The van der Waals surface area contributed by atoms with Crippen LogP contribution >= 0.6 is 0 Å². The summed E-state index contributed by atoms with van der Waals surface area (Å²) in [4.78, 5) is 29.8. The maximum atomic E-state index is 13.7. The first kappa shape index (κ1) is 25.6. The first-order valence-electron chi connectivity index (χ1n) is 12.8. The zero-order valence-electron chi connectivity index (χ0n) is 21.7. The number of carbonyl (C=O) groups excluding carboxylic acids is 2. The van der Waals surface area contributed by atoms with Crippen LogP contribution in [0.4, 0.5) is 19.1 Å². The number of hydrogen-bond acceptors (Lipinski definition) is 4. The van der Waals surface area contributed by atoms with Gasteiger partial charge in [0.1, 0.15) is 5.82 Å². The Morgan fingerprint density at radius 1 is 1.07 bits per heavy atom. The van der Waals surface area contributed by atoms with Gasteiger partial charge in [-0.05, 0) is 60.0 Å². The van der Waals surface area contributed by atoms with Gasteiger partial charge < -0.3 is 9.88 Å². The fourth-order valence-electron chi connectivity index (χ4n) is 5.06. The maximum Gasteiger partial charge on any atom is 0.253 e. The van der Waals surface area contributed by atoms with Crippen molar-refractivity contribution in [2.75, 3.05) is 5.32 Å². The predicted molar refractivity (Wildman–Crippen MR) is 143 cm³/mol. The molecule has 5 aromatic rings. The zero-order valence-corrected chi connectivity index (χ0v) is 21.7. The van der Waals surface area contributed by atoms with Crippen molar-refractivity contribution in [3.63, 3.8) is 0 Å². The molecule has 2 amide bonds. The lowest BCUT2D eigenvalue weighted by molar-refractivity contribution is -0.145. The Hall–Kier alpha value is -4.67. The highest BCUT2D eigenvalue weighted by Gasteiger charge is 2.48. The van der Waals surface area contributed by atoms with Crippen LogP contribution in [-0.2, 0) is 11.8 Å². The number of halogens is 3. The molecule has 11 heteroatoms. The molecule has 6 rings (SSSR count). The molecule has 0 bridgehead atoms. The molecule has 1 aliphatic rings. The first-order chi connectivity index (χ1) is 19.1. The highest BCUT2D eigenvalue weighted by molar-refractivity contribution is 6.08. The number of pyridine rings is 1. The average molecular weight is 547 g/mol. The van der Waals surface area contributed by atoms with Crippen LogP contribution in [0, 0.1) is 11.7 Å². The lowest BCUT2D eigenvalue weighted by Crippen LogP contribution is -2.42. The van der Waals surface area contributed by atoms with E-state index in [0.29, 0.717) is 16.8 Å². The summed E-state index contributed by atoms with van der Waals surface area (Å²) in [5, 5.41) is 10.4. The average Bonchev–Trinajstić information content (AvgIpc) is 3.46. The van der Waals surface area contributed by atoms with E-state index in [-0.39, 0.29) is 17.7 Å². The van der Waals surface area contributed by atoms with E-state index < -0.39 is 36.6 Å². The van der Waals surface area contributed by atoms with Gasteiger partial charge >= 0.3 is 0 Å². The molecule has 3 aromatic heterocycles. The minimum Gasteiger partial charge on any atom is -0.350 e. The van der Waals surface area contributed by atoms with E-state index >= 15 is 0 Å². The zero-order chi connectivity index (χ0) is 28.2. The summed E-state index contributed by atoms with van der Waals surface area (Å²) in [5.74, 6) is -4.66. The van der Waals surface area contributed by atoms with E-state index in [1.54, 1.807) is 37.5 Å². The van der Waals surface area contributed by atoms with Crippen LogP contribution in [0.3, 0.4) is 0 Å². The number of alkyl halides is 2. The van der Waals surface area contributed by atoms with Crippen molar-refractivity contribution in [3.8, 4) is 11.1 Å². The molecule has 1 atom stereocenters. The van der Waals surface area contributed by atoms with Crippen molar-refractivity contribution in [2.45, 2.75) is 31.7 Å². The molecule has 1 fully saturated rings. The molecule has 3 heterocycles. The van der Waals surface area contributed by atoms with E-state index in [1.165, 1.54) is 16.6 Å². The van der Waals surface area contributed by atoms with Crippen LogP contribution in [0.15, 0.2) is 67.0 Å². The summed E-state index contributed by atoms with van der Waals surface area (Å²) in [5.41, 5.74) is 4.11. The number of fused-ring (bicyclic) bond motifs is 2. The third kappa shape index (κ3) is 4.78. The second-order valence-corrected chi connectivity index (χ2v) is 10.2. The highest BCUT2D eigenvalue weighted by Crippen LogP contribution is 2.42. The summed E-state index contributed by atoms with van der Waals surface area (Å²) in [7, 11) is 1.86. The molecule has 1 aliphatic carbocycles. The molecule has 0 saturated heterocycles. The molecule has 204 valence electrons. The number of amides is 2. The molecule has 2 N–H and O–H groups in total. The standard InChI is InChI=1S/C29H25F3N6O2/c1-16(17-4-3-5-21(30)10-17)33-27(40)23-15-37(2)24-7-6-18(11-22(23)24)19-8-9-38-25(12-19)34-28(36-38)35-26(39)20-13-29(31,32)14-20/h3-12,15-16,20H,13-14H2,1-2H3,(H,33,40)(H,35,36,39)/t16-/m0/s1. The topological polar surface area (TPSA) is 93.3 Å². The molecule has 0 radical (unpaired) electrons. The SMILES string of the molecule is C[C@H](NC(=O)c1cn(C)c2ccc(-c3ccn4nc(NC(=O)C5CC(F)(F)C5)nc4c3)cc12)c1cccc(F)c1. The summed E-state index contributed by atoms with van der Waals surface area (Å²) in [6, 6.07) is 15.1. The van der Waals surface area contributed by atoms with Gasteiger partial charge in [-0.1, -0.05) is 18.2 Å². The van der Waals surface area contributed by atoms with Crippen molar-refractivity contribution in [3.05, 3.63) is 83.9 Å². The van der Waals surface area contributed by atoms with E-state index in [1.807, 2.05) is 35.9 Å². The quantitative estimate of drug-likeness (QED) is 0.294. The Balaban J connectivity index is 1.25. The Bertz CT molecular complexity index is 1790. The van der Waals surface area contributed by atoms with Crippen molar-refractivity contribution in [1.82, 2.24) is 24.5 Å². The van der Waals surface area contributed by atoms with Crippen LogP contribution in [-0.4, -0.2) is 36.9 Å². The lowest BCUT2D eigenvalue weighted by atomic mass is 9.81. The molecule has 0 unspecified atom stereocenters. The van der Waals surface area contributed by atoms with Gasteiger partial charge in [-0.3, -0.25) is 14.9 Å². The minimum atomic E-state index is -2.79. The Labute approximate surface area is 226 Å². The fourth-order valence-corrected chi connectivity index (χ4v) is 5.06. The monoisotopic (exact) mass is 546 g/mol. The van der Waals surface area contributed by atoms with Crippen LogP contribution in [0.5, 0.6) is 0 Å². The molecular weight excluding hydrogens is 521 g/mol. The van der Waals surface area contributed by atoms with Crippen molar-refractivity contribution in [1.29, 1.82) is 0 Å². The van der Waals surface area contributed by atoms with Crippen molar-refractivity contribution >= 4 is 34.3 Å². The Morgan fingerprint density at radius 2 is 1.85 bits per heavy atom. The molecule has 8 nitrogen and oxygen atoms in total. The van der Waals surface area contributed by atoms with E-state index in [4.69, 9.17) is 0 Å². The number of rotatable bonds is 6. The molecule has 1 saturated carbocycles. The van der Waals surface area contributed by atoms with Crippen LogP contribution in [0.2, 0.25) is 0 Å². The minimum absolute atomic E-state index is 0.0438. The number of carbonyl (C=O) groups is 2. The normalized spacial score (nSPS) is 15.6. The van der Waals surface area contributed by atoms with Crippen LogP contribution < -0.4 is 10.6 Å². The van der Waals surface area contributed by atoms with Crippen molar-refractivity contribution < 1.29 is 22.8 Å². The number of benzene rings is 2. The molecular formula is C29H25F3N6O2. The van der Waals surface area contributed by atoms with Gasteiger partial charge in [0, 0.05) is 49.1 Å². The van der Waals surface area contributed by atoms with Gasteiger partial charge in [0.25, 0.3) is 5.91 Å². The highest BCUT2D eigenvalue weighted by atomic mass is 19.3. The van der Waals surface area contributed by atoms with E-state index in [0.717, 1.165) is 22.0 Å². The maximum absolute atomic E-state index is 13.7. The van der Waals surface area contributed by atoms with Crippen LogP contribution in [0.1, 0.15) is 41.7 Å². The number of hydrogen-bond donors (Lipinski definition) is 2. The van der Waals surface area contributed by atoms with Crippen LogP contribution in [0.25, 0.3) is 27.7 Å². The summed E-state index contributed by atoms with van der Waals surface area (Å²) in [6.45, 7) is 1.80. The first-order valence-corrected chi connectivity index (χ1v) is 12.8. The molecule has 2 aromatic carbocycles. The second-order valence-electron chi connectivity index (χ2n) is 10.2. The lowest BCUT2D eigenvalue weighted by Gasteiger charge is -2.33. The largest absolute Gasteiger partial charge is 0.350 e. The predicted octanol–water partition coefficient (Wildman–Crippen LogP) is 5.50. The number of anilines is 1. The molecule has 0 aliphatic heterocycles. The number of aromatic nitrogens is 4. The third-order valence-electron chi connectivity index (χ3n) is 7.30. The number of aryl methyl sites for hydroxylation is 1. The molecule has 40 heavy (non-hydrogen) atoms. The van der Waals surface area contributed by atoms with Gasteiger partial charge in [0.15, 0.2) is 5.65 Å². The summed E-state index contributed by atoms with van der Waals surface area (Å²) < 4.78 is 43.3. The van der Waals surface area contributed by atoms with Gasteiger partial charge in [0.05, 0.1) is 11.6 Å². The third-order valence-corrected chi connectivity index (χ3v) is 7.30. The van der Waals surface area contributed by atoms with Gasteiger partial charge in [0.2, 0.25) is 17.8 Å².